The number of rotatable bonds is 2. The van der Waals surface area contributed by atoms with Crippen LogP contribution in [0.15, 0.2) is 54.6 Å². The molecule has 0 radical (unpaired) electrons. The van der Waals surface area contributed by atoms with Crippen molar-refractivity contribution in [1.29, 1.82) is 0 Å². The summed E-state index contributed by atoms with van der Waals surface area (Å²) in [7, 11) is 0. The van der Waals surface area contributed by atoms with Crippen LogP contribution < -0.4 is 0 Å². The topological polar surface area (TPSA) is 0 Å². The molecule has 106 valence electrons. The van der Waals surface area contributed by atoms with Crippen molar-refractivity contribution in [3.8, 4) is 11.1 Å². The molecule has 0 heterocycles. The first kappa shape index (κ1) is 17.4. The molecule has 0 aliphatic carbocycles. The van der Waals surface area contributed by atoms with Crippen LogP contribution in [0.3, 0.4) is 0 Å². The van der Waals surface area contributed by atoms with E-state index < -0.39 is 0 Å². The summed E-state index contributed by atoms with van der Waals surface area (Å²) in [5.74, 6) is 0. The van der Waals surface area contributed by atoms with Crippen molar-refractivity contribution < 1.29 is 1.43 Å². The Bertz CT molecular complexity index is 404. The van der Waals surface area contributed by atoms with Crippen LogP contribution in [0, 0.1) is 0 Å². The van der Waals surface area contributed by atoms with Crippen LogP contribution in [-0.4, -0.2) is 0 Å². The SMILES string of the molecule is CC.CCC.CCc1ccc(-c2ccccc2)cc1.[HH]. The molecule has 0 amide bonds. The van der Waals surface area contributed by atoms with Gasteiger partial charge >= 0.3 is 0 Å². The molecule has 2 aromatic rings. The average Bonchev–Trinajstić information content (AvgIpc) is 2.51. The first-order chi connectivity index (χ1) is 9.31. The summed E-state index contributed by atoms with van der Waals surface area (Å²) >= 11 is 0. The lowest BCUT2D eigenvalue weighted by Gasteiger charge is -2.02. The molecule has 0 aromatic heterocycles. The van der Waals surface area contributed by atoms with Gasteiger partial charge in [-0.15, -0.1) is 0 Å². The van der Waals surface area contributed by atoms with E-state index in [4.69, 9.17) is 0 Å². The minimum Gasteiger partial charge on any atom is -0.0683 e. The van der Waals surface area contributed by atoms with Gasteiger partial charge in [-0.3, -0.25) is 0 Å². The summed E-state index contributed by atoms with van der Waals surface area (Å²) in [5, 5.41) is 0. The molecule has 0 aliphatic heterocycles. The fraction of sp³-hybridized carbons (Fsp3) is 0.368. The van der Waals surface area contributed by atoms with E-state index >= 15 is 0 Å². The first-order valence-electron chi connectivity index (χ1n) is 7.46. The van der Waals surface area contributed by atoms with E-state index in [2.05, 4.69) is 69.3 Å². The fourth-order valence-electron chi connectivity index (χ4n) is 1.56. The van der Waals surface area contributed by atoms with Gasteiger partial charge in [0, 0.05) is 1.43 Å². The van der Waals surface area contributed by atoms with Crippen LogP contribution >= 0.6 is 0 Å². The highest BCUT2D eigenvalue weighted by Gasteiger charge is 1.95. The zero-order valence-corrected chi connectivity index (χ0v) is 13.1. The second-order valence-corrected chi connectivity index (χ2v) is 4.12. The normalized spacial score (nSPS) is 8.68. The summed E-state index contributed by atoms with van der Waals surface area (Å²) in [6.45, 7) is 10.4. The van der Waals surface area contributed by atoms with Gasteiger partial charge in [0.2, 0.25) is 0 Å². The molecular formula is C19H30. The van der Waals surface area contributed by atoms with Crippen LogP contribution in [0.1, 0.15) is 48.0 Å². The van der Waals surface area contributed by atoms with Crippen LogP contribution in [0.4, 0.5) is 0 Å². The van der Waals surface area contributed by atoms with Gasteiger partial charge in [-0.1, -0.05) is 95.6 Å². The maximum Gasteiger partial charge on any atom is 0 e. The van der Waals surface area contributed by atoms with Crippen molar-refractivity contribution in [2.24, 2.45) is 0 Å². The largest absolute Gasteiger partial charge is 0.0683 e. The van der Waals surface area contributed by atoms with Gasteiger partial charge in [0.05, 0.1) is 0 Å². The monoisotopic (exact) mass is 258 g/mol. The van der Waals surface area contributed by atoms with E-state index in [9.17, 15) is 0 Å². The van der Waals surface area contributed by atoms with Crippen molar-refractivity contribution in [2.45, 2.75) is 47.5 Å². The molecule has 0 heteroatoms. The summed E-state index contributed by atoms with van der Waals surface area (Å²) < 4.78 is 0. The lowest BCUT2D eigenvalue weighted by atomic mass is 10.0. The van der Waals surface area contributed by atoms with E-state index in [1.807, 2.05) is 19.9 Å². The lowest BCUT2D eigenvalue weighted by Crippen LogP contribution is -1.80. The Hall–Kier alpha value is -1.56. The second-order valence-electron chi connectivity index (χ2n) is 4.12. The number of aryl methyl sites for hydroxylation is 1. The molecule has 0 bridgehead atoms. The van der Waals surface area contributed by atoms with E-state index in [1.165, 1.54) is 23.1 Å². The number of hydrogen-bond acceptors (Lipinski definition) is 0. The summed E-state index contributed by atoms with van der Waals surface area (Å²) in [5.41, 5.74) is 3.97. The Morgan fingerprint density at radius 3 is 1.53 bits per heavy atom. The summed E-state index contributed by atoms with van der Waals surface area (Å²) in [6, 6.07) is 19.2. The van der Waals surface area contributed by atoms with Gasteiger partial charge in [0.1, 0.15) is 0 Å². The van der Waals surface area contributed by atoms with Crippen LogP contribution in [0.2, 0.25) is 0 Å². The molecule has 2 aromatic carbocycles. The highest BCUT2D eigenvalue weighted by Crippen LogP contribution is 2.19. The Labute approximate surface area is 121 Å². The van der Waals surface area contributed by atoms with E-state index in [0.29, 0.717) is 0 Å². The van der Waals surface area contributed by atoms with Crippen molar-refractivity contribution in [1.82, 2.24) is 0 Å². The lowest BCUT2D eigenvalue weighted by molar-refractivity contribution is 1.09. The Kier molecular flexibility index (Phi) is 10.6. The Balaban J connectivity index is 0. The molecule has 0 saturated carbocycles. The second kappa shape index (κ2) is 11.5. The van der Waals surface area contributed by atoms with Gasteiger partial charge in [-0.2, -0.15) is 0 Å². The highest BCUT2D eigenvalue weighted by molar-refractivity contribution is 5.63. The quantitative estimate of drug-likeness (QED) is 0.569. The molecule has 0 aliphatic rings. The third kappa shape index (κ3) is 6.81. The van der Waals surface area contributed by atoms with Gasteiger partial charge in [-0.05, 0) is 23.1 Å². The summed E-state index contributed by atoms with van der Waals surface area (Å²) in [6.07, 6.45) is 2.36. The molecule has 0 fully saturated rings. The van der Waals surface area contributed by atoms with Crippen LogP contribution in [0.5, 0.6) is 0 Å². The predicted molar refractivity (Wildman–Crippen MR) is 90.7 cm³/mol. The van der Waals surface area contributed by atoms with Gasteiger partial charge in [0.25, 0.3) is 0 Å². The average molecular weight is 258 g/mol. The predicted octanol–water partition coefficient (Wildman–Crippen LogP) is 6.60. The zero-order chi connectivity index (χ0) is 14.5. The Morgan fingerprint density at radius 2 is 1.11 bits per heavy atom. The van der Waals surface area contributed by atoms with Crippen molar-refractivity contribution >= 4 is 0 Å². The van der Waals surface area contributed by atoms with E-state index in [0.717, 1.165) is 6.42 Å². The minimum absolute atomic E-state index is 0. The molecule has 0 atom stereocenters. The van der Waals surface area contributed by atoms with E-state index in [1.54, 1.807) is 0 Å². The van der Waals surface area contributed by atoms with Crippen molar-refractivity contribution in [3.05, 3.63) is 60.2 Å². The van der Waals surface area contributed by atoms with Crippen molar-refractivity contribution in [2.75, 3.05) is 0 Å². The third-order valence-corrected chi connectivity index (χ3v) is 2.47. The zero-order valence-electron chi connectivity index (χ0n) is 13.1. The third-order valence-electron chi connectivity index (χ3n) is 2.47. The smallest absolute Gasteiger partial charge is 0 e. The number of benzene rings is 2. The first-order valence-corrected chi connectivity index (χ1v) is 7.46. The Morgan fingerprint density at radius 1 is 0.684 bits per heavy atom. The number of hydrogen-bond donors (Lipinski definition) is 0. The molecule has 19 heavy (non-hydrogen) atoms. The minimum atomic E-state index is 0. The molecule has 0 saturated heterocycles. The fourth-order valence-corrected chi connectivity index (χ4v) is 1.56. The molecule has 0 nitrogen and oxygen atoms in total. The van der Waals surface area contributed by atoms with Crippen LogP contribution in [0.25, 0.3) is 11.1 Å². The molecule has 0 spiro atoms. The maximum absolute atomic E-state index is 2.20. The molecule has 0 N–H and O–H groups in total. The van der Waals surface area contributed by atoms with Gasteiger partial charge in [0.15, 0.2) is 0 Å². The van der Waals surface area contributed by atoms with Crippen LogP contribution in [-0.2, 0) is 6.42 Å². The van der Waals surface area contributed by atoms with Crippen molar-refractivity contribution in [3.63, 3.8) is 0 Å². The molecule has 2 rings (SSSR count). The standard InChI is InChI=1S/C14H14.C3H8.C2H6.H2/c1-2-12-8-10-14(11-9-12)13-6-4-3-5-7-13;1-3-2;1-2;/h3-11H,2H2,1H3;3H2,1-2H3;1-2H3;1H. The van der Waals surface area contributed by atoms with Gasteiger partial charge < -0.3 is 0 Å². The molecule has 0 unspecified atom stereocenters. The van der Waals surface area contributed by atoms with Gasteiger partial charge in [-0.25, -0.2) is 0 Å². The van der Waals surface area contributed by atoms with E-state index in [-0.39, 0.29) is 1.43 Å². The maximum atomic E-state index is 2.20. The summed E-state index contributed by atoms with van der Waals surface area (Å²) in [4.78, 5) is 0. The molecular weight excluding hydrogens is 228 g/mol. The highest BCUT2D eigenvalue weighted by atomic mass is 14.0.